The van der Waals surface area contributed by atoms with Crippen LogP contribution in [0.3, 0.4) is 0 Å². The van der Waals surface area contributed by atoms with Crippen LogP contribution in [0.4, 0.5) is 26.3 Å². The van der Waals surface area contributed by atoms with Crippen molar-refractivity contribution in [2.75, 3.05) is 0 Å². The quantitative estimate of drug-likeness (QED) is 0.494. The van der Waals surface area contributed by atoms with E-state index in [1.807, 2.05) is 0 Å². The second kappa shape index (κ2) is 5.64. The zero-order chi connectivity index (χ0) is 12.7. The third kappa shape index (κ3) is 5.01. The fourth-order valence-corrected chi connectivity index (χ4v) is 1.92. The molecule has 0 aromatic rings. The molecule has 14 heteroatoms. The van der Waals surface area contributed by atoms with Crippen molar-refractivity contribution in [3.63, 3.8) is 0 Å². The van der Waals surface area contributed by atoms with E-state index in [0.717, 1.165) is 4.13 Å². The minimum absolute atomic E-state index is 0. The van der Waals surface area contributed by atoms with Crippen LogP contribution in [0.1, 0.15) is 0 Å². The molecule has 0 aromatic carbocycles. The van der Waals surface area contributed by atoms with Crippen LogP contribution in [-0.4, -0.2) is 27.9 Å². The van der Waals surface area contributed by atoms with Gasteiger partial charge in [0.15, 0.2) is 20.0 Å². The van der Waals surface area contributed by atoms with E-state index in [-0.39, 0.29) is 68.9 Å². The van der Waals surface area contributed by atoms with Gasteiger partial charge in [-0.25, -0.2) is 16.8 Å². The molecule has 0 aromatic heterocycles. The largest absolute Gasteiger partial charge is 1.00 e. The molecule has 0 fully saturated rings. The third-order valence-corrected chi connectivity index (χ3v) is 3.52. The monoisotopic (exact) mass is 413 g/mol. The zero-order valence-electron chi connectivity index (χ0n) is 7.16. The summed E-state index contributed by atoms with van der Waals surface area (Å²) in [6, 6.07) is 0. The second-order valence-electron chi connectivity index (χ2n) is 1.92. The molecule has 0 aliphatic heterocycles. The van der Waals surface area contributed by atoms with Gasteiger partial charge in [-0.2, -0.15) is 26.3 Å². The molecule has 0 aliphatic rings. The predicted octanol–water partition coefficient (Wildman–Crippen LogP) is -1.94. The molecular weight excluding hydrogens is 413 g/mol. The molecule has 0 radical (unpaired) electrons. The molecule has 0 atom stereocenters. The van der Waals surface area contributed by atoms with Crippen LogP contribution in [0.25, 0.3) is 4.13 Å². The van der Waals surface area contributed by atoms with Crippen molar-refractivity contribution < 1.29 is 112 Å². The standard InChI is InChI=1S/C2F6NO4S2.Cs/c3-1(4,5)14(10,11)9-15(12,13)2(6,7)8;/q-1;+1. The molecule has 0 spiro atoms. The van der Waals surface area contributed by atoms with Gasteiger partial charge in [-0.3, -0.25) is 0 Å². The summed E-state index contributed by atoms with van der Waals surface area (Å²) < 4.78 is 109. The summed E-state index contributed by atoms with van der Waals surface area (Å²) in [6.07, 6.45) is 0. The van der Waals surface area contributed by atoms with Gasteiger partial charge in [0.25, 0.3) is 0 Å². The minimum Gasteiger partial charge on any atom is -0.421 e. The Hall–Kier alpha value is 1.49. The smallest absolute Gasteiger partial charge is 0.421 e. The number of hydrogen-bond acceptors (Lipinski definition) is 4. The van der Waals surface area contributed by atoms with Crippen molar-refractivity contribution in [3.8, 4) is 0 Å². The SMILES string of the molecule is O=S(=O)([N-]S(=O)(=O)C(F)(F)F)C(F)(F)F.[Cs+]. The van der Waals surface area contributed by atoms with Crippen molar-refractivity contribution >= 4 is 20.0 Å². The van der Waals surface area contributed by atoms with Gasteiger partial charge in [0, 0.05) is 0 Å². The topological polar surface area (TPSA) is 82.4 Å². The summed E-state index contributed by atoms with van der Waals surface area (Å²) in [7, 11) is -13.4. The Labute approximate surface area is 144 Å². The molecule has 0 N–H and O–H groups in total. The van der Waals surface area contributed by atoms with Crippen molar-refractivity contribution in [1.29, 1.82) is 0 Å². The van der Waals surface area contributed by atoms with Crippen LogP contribution in [0.5, 0.6) is 0 Å². The van der Waals surface area contributed by atoms with Crippen LogP contribution < -0.4 is 68.9 Å². The summed E-state index contributed by atoms with van der Waals surface area (Å²) in [4.78, 5) is 0. The summed E-state index contributed by atoms with van der Waals surface area (Å²) in [6.45, 7) is 0. The van der Waals surface area contributed by atoms with E-state index >= 15 is 0 Å². The average molecular weight is 413 g/mol. The molecular formula is C2CsF6NO4S2. The first-order chi connectivity index (χ1) is 6.21. The number of halogens is 6. The fraction of sp³-hybridized carbons (Fsp3) is 1.00. The molecule has 16 heavy (non-hydrogen) atoms. The van der Waals surface area contributed by atoms with Crippen molar-refractivity contribution in [3.05, 3.63) is 4.13 Å². The van der Waals surface area contributed by atoms with Crippen LogP contribution in [0, 0.1) is 0 Å². The van der Waals surface area contributed by atoms with Gasteiger partial charge < -0.3 is 4.13 Å². The number of nitrogens with zero attached hydrogens (tertiary/aromatic N) is 1. The summed E-state index contributed by atoms with van der Waals surface area (Å²) >= 11 is 0. The molecule has 0 bridgehead atoms. The fourth-order valence-electron chi connectivity index (χ4n) is 0.214. The van der Waals surface area contributed by atoms with E-state index in [4.69, 9.17) is 0 Å². The Morgan fingerprint density at radius 1 is 0.688 bits per heavy atom. The number of hydrogen-bond donors (Lipinski definition) is 0. The van der Waals surface area contributed by atoms with E-state index in [1.54, 1.807) is 0 Å². The Morgan fingerprint density at radius 3 is 1.00 bits per heavy atom. The molecule has 0 unspecified atom stereocenters. The van der Waals surface area contributed by atoms with Gasteiger partial charge in [0.1, 0.15) is 0 Å². The van der Waals surface area contributed by atoms with Gasteiger partial charge in [0.2, 0.25) is 0 Å². The Balaban J connectivity index is 0. The predicted molar refractivity (Wildman–Crippen MR) is 33.3 cm³/mol. The normalized spacial score (nSPS) is 14.4. The maximum absolute atomic E-state index is 11.4. The number of sulfonamides is 2. The van der Waals surface area contributed by atoms with Crippen molar-refractivity contribution in [2.45, 2.75) is 11.0 Å². The third-order valence-electron chi connectivity index (χ3n) is 0.781. The Morgan fingerprint density at radius 2 is 0.875 bits per heavy atom. The van der Waals surface area contributed by atoms with Crippen molar-refractivity contribution in [1.82, 2.24) is 0 Å². The van der Waals surface area contributed by atoms with Gasteiger partial charge in [-0.15, -0.1) is 0 Å². The van der Waals surface area contributed by atoms with Crippen LogP contribution >= 0.6 is 0 Å². The molecule has 0 heterocycles. The maximum atomic E-state index is 11.4. The molecule has 0 saturated carbocycles. The number of alkyl halides is 6. The van der Waals surface area contributed by atoms with E-state index in [9.17, 15) is 43.2 Å². The first-order valence-corrected chi connectivity index (χ1v) is 5.45. The molecule has 0 aliphatic carbocycles. The second-order valence-corrected chi connectivity index (χ2v) is 5.34. The summed E-state index contributed by atoms with van der Waals surface area (Å²) in [5.74, 6) is 0. The zero-order valence-corrected chi connectivity index (χ0v) is 15.1. The first kappa shape index (κ1) is 19.8. The Bertz CT molecular complexity index is 390. The van der Waals surface area contributed by atoms with E-state index in [2.05, 4.69) is 0 Å². The summed E-state index contributed by atoms with van der Waals surface area (Å²) in [5, 5.41) is 0. The molecule has 0 amide bonds. The van der Waals surface area contributed by atoms with Crippen LogP contribution in [0.2, 0.25) is 0 Å². The van der Waals surface area contributed by atoms with Crippen molar-refractivity contribution in [2.24, 2.45) is 0 Å². The molecule has 0 rings (SSSR count). The van der Waals surface area contributed by atoms with Crippen LogP contribution in [-0.2, 0) is 20.0 Å². The van der Waals surface area contributed by atoms with E-state index in [0.29, 0.717) is 0 Å². The molecule has 5 nitrogen and oxygen atoms in total. The first-order valence-electron chi connectivity index (χ1n) is 2.57. The van der Waals surface area contributed by atoms with Crippen LogP contribution in [0.15, 0.2) is 0 Å². The average Bonchev–Trinajstić information content (AvgIpc) is 1.77. The van der Waals surface area contributed by atoms with Gasteiger partial charge >= 0.3 is 79.9 Å². The van der Waals surface area contributed by atoms with Gasteiger partial charge in [-0.1, -0.05) is 0 Å². The minimum atomic E-state index is -6.72. The maximum Gasteiger partial charge on any atom is 1.00 e. The molecule has 0 saturated heterocycles. The Kier molecular flexibility index (Phi) is 6.99. The van der Waals surface area contributed by atoms with E-state index < -0.39 is 31.1 Å². The van der Waals surface area contributed by atoms with E-state index in [1.165, 1.54) is 0 Å². The summed E-state index contributed by atoms with van der Waals surface area (Å²) in [5.41, 5.74) is -12.4. The molecule has 92 valence electrons. The van der Waals surface area contributed by atoms with Gasteiger partial charge in [0.05, 0.1) is 0 Å². The van der Waals surface area contributed by atoms with Gasteiger partial charge in [-0.05, 0) is 0 Å². The number of rotatable bonds is 2.